The van der Waals surface area contributed by atoms with Crippen molar-refractivity contribution in [1.29, 1.82) is 0 Å². The lowest BCUT2D eigenvalue weighted by Crippen LogP contribution is -2.10. The Balaban J connectivity index is 1.85. The Morgan fingerprint density at radius 3 is 1.69 bits per heavy atom. The smallest absolute Gasteiger partial charge is 0.311 e. The molecule has 0 spiro atoms. The number of nitrogens with one attached hydrogen (secondary N) is 1. The highest BCUT2D eigenvalue weighted by atomic mass is 16.4. The predicted molar refractivity (Wildman–Crippen MR) is 111 cm³/mol. The number of aromatic nitrogens is 1. The fraction of sp³-hybridized carbons (Fsp3) is 0.783. The monoisotopic (exact) mass is 363 g/mol. The summed E-state index contributed by atoms with van der Waals surface area (Å²) >= 11 is 0. The van der Waals surface area contributed by atoms with Gasteiger partial charge in [-0.15, -0.1) is 0 Å². The van der Waals surface area contributed by atoms with Crippen molar-refractivity contribution in [3.63, 3.8) is 0 Å². The fourth-order valence-corrected chi connectivity index (χ4v) is 3.71. The van der Waals surface area contributed by atoms with E-state index in [-0.39, 0.29) is 5.92 Å². The van der Waals surface area contributed by atoms with Gasteiger partial charge in [-0.05, 0) is 18.1 Å². The molecular weight excluding hydrogens is 322 g/mol. The second-order valence-electron chi connectivity index (χ2n) is 7.77. The van der Waals surface area contributed by atoms with Crippen LogP contribution in [0, 0.1) is 0 Å². The first-order valence-electron chi connectivity index (χ1n) is 11.1. The Morgan fingerprint density at radius 2 is 1.31 bits per heavy atom. The van der Waals surface area contributed by atoms with Crippen LogP contribution >= 0.6 is 0 Å². The number of carboxylic acid groups (broad SMARTS) is 1. The van der Waals surface area contributed by atoms with Crippen LogP contribution in [-0.2, 0) is 4.79 Å². The molecule has 1 aromatic rings. The first kappa shape index (κ1) is 22.8. The maximum absolute atomic E-state index is 11.4. The van der Waals surface area contributed by atoms with Gasteiger partial charge in [-0.1, -0.05) is 103 Å². The lowest BCUT2D eigenvalue weighted by atomic mass is 9.95. The average Bonchev–Trinajstić information content (AvgIpc) is 3.15. The van der Waals surface area contributed by atoms with Crippen molar-refractivity contribution in [3.05, 3.63) is 24.0 Å². The van der Waals surface area contributed by atoms with Gasteiger partial charge in [-0.2, -0.15) is 0 Å². The van der Waals surface area contributed by atoms with Crippen molar-refractivity contribution in [2.75, 3.05) is 0 Å². The van der Waals surface area contributed by atoms with E-state index in [9.17, 15) is 9.90 Å². The Hall–Kier alpha value is -1.25. The minimum Gasteiger partial charge on any atom is -0.481 e. The van der Waals surface area contributed by atoms with Gasteiger partial charge in [0.15, 0.2) is 0 Å². The van der Waals surface area contributed by atoms with Crippen molar-refractivity contribution < 1.29 is 9.90 Å². The average molecular weight is 364 g/mol. The van der Waals surface area contributed by atoms with Gasteiger partial charge in [0.1, 0.15) is 0 Å². The van der Waals surface area contributed by atoms with Gasteiger partial charge in [0.25, 0.3) is 0 Å². The fourth-order valence-electron chi connectivity index (χ4n) is 3.71. The minimum atomic E-state index is -0.699. The molecule has 1 atom stereocenters. The van der Waals surface area contributed by atoms with Crippen LogP contribution in [0.3, 0.4) is 0 Å². The SMILES string of the molecule is CCCCCCCCCCCCCCCCCC(C(=O)O)c1cc[nH]c1. The van der Waals surface area contributed by atoms with Crippen LogP contribution in [0.5, 0.6) is 0 Å². The summed E-state index contributed by atoms with van der Waals surface area (Å²) in [5.41, 5.74) is 0.905. The summed E-state index contributed by atoms with van der Waals surface area (Å²) in [6, 6.07) is 1.88. The molecule has 1 heterocycles. The molecule has 26 heavy (non-hydrogen) atoms. The standard InChI is InChI=1S/C23H41NO2/c1-2-3-4-5-6-7-8-9-10-11-12-13-14-15-16-17-22(23(25)26)21-18-19-24-20-21/h18-20,22,24H,2-17H2,1H3,(H,25,26). The van der Waals surface area contributed by atoms with Crippen molar-refractivity contribution in [2.24, 2.45) is 0 Å². The van der Waals surface area contributed by atoms with Gasteiger partial charge in [0.2, 0.25) is 0 Å². The molecule has 0 aliphatic heterocycles. The highest BCUT2D eigenvalue weighted by molar-refractivity contribution is 5.75. The van der Waals surface area contributed by atoms with Crippen molar-refractivity contribution in [1.82, 2.24) is 4.98 Å². The first-order chi connectivity index (χ1) is 12.8. The maximum Gasteiger partial charge on any atom is 0.311 e. The number of hydrogen-bond acceptors (Lipinski definition) is 1. The Bertz CT molecular complexity index is 427. The zero-order chi connectivity index (χ0) is 18.9. The molecule has 0 saturated heterocycles. The van der Waals surface area contributed by atoms with Gasteiger partial charge in [-0.3, -0.25) is 4.79 Å². The van der Waals surface area contributed by atoms with E-state index in [0.717, 1.165) is 24.8 Å². The van der Waals surface area contributed by atoms with E-state index in [1.165, 1.54) is 83.5 Å². The van der Waals surface area contributed by atoms with Crippen LogP contribution in [0.25, 0.3) is 0 Å². The largest absolute Gasteiger partial charge is 0.481 e. The van der Waals surface area contributed by atoms with Gasteiger partial charge >= 0.3 is 5.97 Å². The topological polar surface area (TPSA) is 53.1 Å². The summed E-state index contributed by atoms with van der Waals surface area (Å²) < 4.78 is 0. The van der Waals surface area contributed by atoms with Crippen LogP contribution in [0.15, 0.2) is 18.5 Å². The van der Waals surface area contributed by atoms with Crippen LogP contribution < -0.4 is 0 Å². The number of carboxylic acids is 1. The van der Waals surface area contributed by atoms with Gasteiger partial charge in [0.05, 0.1) is 5.92 Å². The minimum absolute atomic E-state index is 0.344. The van der Waals surface area contributed by atoms with E-state index < -0.39 is 5.97 Å². The molecule has 0 bridgehead atoms. The molecule has 0 aliphatic rings. The van der Waals surface area contributed by atoms with Crippen molar-refractivity contribution in [3.8, 4) is 0 Å². The van der Waals surface area contributed by atoms with Crippen molar-refractivity contribution >= 4 is 5.97 Å². The van der Waals surface area contributed by atoms with Gasteiger partial charge < -0.3 is 10.1 Å². The summed E-state index contributed by atoms with van der Waals surface area (Å²) in [5, 5.41) is 9.35. The molecule has 1 aromatic heterocycles. The number of H-pyrrole nitrogens is 1. The van der Waals surface area contributed by atoms with E-state index >= 15 is 0 Å². The zero-order valence-corrected chi connectivity index (χ0v) is 17.0. The predicted octanol–water partition coefficient (Wildman–Crippen LogP) is 7.44. The summed E-state index contributed by atoms with van der Waals surface area (Å²) in [6.45, 7) is 2.27. The van der Waals surface area contributed by atoms with E-state index in [1.54, 1.807) is 6.20 Å². The van der Waals surface area contributed by atoms with Crippen LogP contribution in [0.1, 0.15) is 121 Å². The number of hydrogen-bond donors (Lipinski definition) is 2. The Morgan fingerprint density at radius 1 is 0.846 bits per heavy atom. The number of unbranched alkanes of at least 4 members (excludes halogenated alkanes) is 14. The number of rotatable bonds is 18. The van der Waals surface area contributed by atoms with E-state index in [0.29, 0.717) is 0 Å². The third-order valence-electron chi connectivity index (χ3n) is 5.42. The molecule has 2 N–H and O–H groups in total. The Kier molecular flexibility index (Phi) is 14.0. The first-order valence-corrected chi connectivity index (χ1v) is 11.1. The molecule has 0 fully saturated rings. The molecule has 1 unspecified atom stereocenters. The lowest BCUT2D eigenvalue weighted by molar-refractivity contribution is -0.139. The molecule has 0 aromatic carbocycles. The second-order valence-corrected chi connectivity index (χ2v) is 7.77. The van der Waals surface area contributed by atoms with Gasteiger partial charge in [0, 0.05) is 12.4 Å². The van der Waals surface area contributed by atoms with Crippen LogP contribution in [0.4, 0.5) is 0 Å². The lowest BCUT2D eigenvalue weighted by Gasteiger charge is -2.10. The van der Waals surface area contributed by atoms with Crippen LogP contribution in [-0.4, -0.2) is 16.1 Å². The van der Waals surface area contributed by atoms with E-state index in [2.05, 4.69) is 11.9 Å². The molecule has 0 radical (unpaired) electrons. The molecule has 0 aliphatic carbocycles. The van der Waals surface area contributed by atoms with Crippen molar-refractivity contribution in [2.45, 2.75) is 116 Å². The summed E-state index contributed by atoms with van der Waals surface area (Å²) in [5.74, 6) is -1.04. The third-order valence-corrected chi connectivity index (χ3v) is 5.42. The quantitative estimate of drug-likeness (QED) is 0.266. The molecule has 3 nitrogen and oxygen atoms in total. The number of carbonyl (C=O) groups is 1. The molecule has 0 saturated carbocycles. The third kappa shape index (κ3) is 11.4. The summed E-state index contributed by atoms with van der Waals surface area (Å²) in [7, 11) is 0. The maximum atomic E-state index is 11.4. The zero-order valence-electron chi connectivity index (χ0n) is 17.0. The highest BCUT2D eigenvalue weighted by Gasteiger charge is 2.19. The summed E-state index contributed by atoms with van der Waals surface area (Å²) in [4.78, 5) is 14.3. The van der Waals surface area contributed by atoms with Crippen LogP contribution in [0.2, 0.25) is 0 Å². The normalized spacial score (nSPS) is 12.3. The van der Waals surface area contributed by atoms with Gasteiger partial charge in [-0.25, -0.2) is 0 Å². The van der Waals surface area contributed by atoms with E-state index in [4.69, 9.17) is 0 Å². The summed E-state index contributed by atoms with van der Waals surface area (Å²) in [6.07, 6.45) is 24.5. The molecule has 3 heteroatoms. The molecule has 150 valence electrons. The molecule has 1 rings (SSSR count). The number of aromatic amines is 1. The second kappa shape index (κ2) is 16.0. The van der Waals surface area contributed by atoms with E-state index in [1.807, 2.05) is 12.3 Å². The highest BCUT2D eigenvalue weighted by Crippen LogP contribution is 2.23. The Labute approximate surface area is 161 Å². The molecular formula is C23H41NO2. The molecule has 0 amide bonds. The number of aliphatic carboxylic acids is 1.